The number of halogens is 2. The van der Waals surface area contributed by atoms with Gasteiger partial charge in [0.05, 0.1) is 0 Å². The zero-order chi connectivity index (χ0) is 14.5. The lowest BCUT2D eigenvalue weighted by Gasteiger charge is -2.04. The molecule has 0 bridgehead atoms. The third-order valence-corrected chi connectivity index (χ3v) is 3.21. The molecule has 0 atom stereocenters. The number of aryl methyl sites for hydroxylation is 1. The summed E-state index contributed by atoms with van der Waals surface area (Å²) in [5.74, 6) is -1.06. The highest BCUT2D eigenvalue weighted by Crippen LogP contribution is 2.11. The number of rotatable bonds is 4. The lowest BCUT2D eigenvalue weighted by atomic mass is 10.1. The maximum absolute atomic E-state index is 13.5. The summed E-state index contributed by atoms with van der Waals surface area (Å²) in [6, 6.07) is 11.8. The van der Waals surface area contributed by atoms with E-state index in [1.165, 1.54) is 17.7 Å². The number of benzene rings is 2. The fourth-order valence-electron chi connectivity index (χ4n) is 1.95. The molecule has 0 unspecified atom stereocenters. The minimum absolute atomic E-state index is 0.468. The Hall–Kier alpha value is -2.03. The van der Waals surface area contributed by atoms with E-state index in [9.17, 15) is 8.78 Å². The summed E-state index contributed by atoms with van der Waals surface area (Å²) < 4.78 is 26.2. The summed E-state index contributed by atoms with van der Waals surface area (Å²) in [4.78, 5) is 4.44. The Kier molecular flexibility index (Phi) is 4.61. The van der Waals surface area contributed by atoms with Crippen molar-refractivity contribution < 1.29 is 8.78 Å². The molecule has 20 heavy (non-hydrogen) atoms. The van der Waals surface area contributed by atoms with E-state index in [0.717, 1.165) is 17.3 Å². The highest BCUT2D eigenvalue weighted by Gasteiger charge is 2.03. The molecule has 104 valence electrons. The molecule has 1 nitrogen and oxygen atoms in total. The van der Waals surface area contributed by atoms with Gasteiger partial charge in [-0.1, -0.05) is 35.9 Å². The van der Waals surface area contributed by atoms with Crippen LogP contribution in [0.3, 0.4) is 0 Å². The first kappa shape index (κ1) is 14.4. The van der Waals surface area contributed by atoms with Crippen LogP contribution in [0.4, 0.5) is 8.78 Å². The minimum Gasteiger partial charge on any atom is -0.289 e. The lowest BCUT2D eigenvalue weighted by Crippen LogP contribution is -2.00. The third-order valence-electron chi connectivity index (χ3n) is 3.21. The highest BCUT2D eigenvalue weighted by molar-refractivity contribution is 5.98. The smallest absolute Gasteiger partial charge is 0.129 e. The maximum atomic E-state index is 13.5. The van der Waals surface area contributed by atoms with Gasteiger partial charge in [-0.25, -0.2) is 8.78 Å². The Morgan fingerprint density at radius 3 is 2.40 bits per heavy atom. The summed E-state index contributed by atoms with van der Waals surface area (Å²) in [7, 11) is 0. The quantitative estimate of drug-likeness (QED) is 0.735. The van der Waals surface area contributed by atoms with E-state index in [-0.39, 0.29) is 0 Å². The first-order valence-electron chi connectivity index (χ1n) is 6.58. The lowest BCUT2D eigenvalue weighted by molar-refractivity contribution is 0.572. The fraction of sp³-hybridized carbons (Fsp3) is 0.235. The maximum Gasteiger partial charge on any atom is 0.129 e. The molecule has 0 spiro atoms. The van der Waals surface area contributed by atoms with Crippen LogP contribution in [-0.4, -0.2) is 12.3 Å². The molecule has 0 amide bonds. The first-order chi connectivity index (χ1) is 9.56. The highest BCUT2D eigenvalue weighted by atomic mass is 19.1. The van der Waals surface area contributed by atoms with E-state index in [1.54, 1.807) is 0 Å². The van der Waals surface area contributed by atoms with Crippen molar-refractivity contribution >= 4 is 5.71 Å². The van der Waals surface area contributed by atoms with Crippen LogP contribution in [0.5, 0.6) is 0 Å². The van der Waals surface area contributed by atoms with E-state index in [2.05, 4.69) is 4.99 Å². The van der Waals surface area contributed by atoms with Gasteiger partial charge < -0.3 is 0 Å². The van der Waals surface area contributed by atoms with Crippen molar-refractivity contribution in [3.8, 4) is 0 Å². The zero-order valence-electron chi connectivity index (χ0n) is 11.7. The predicted octanol–water partition coefficient (Wildman–Crippen LogP) is 4.32. The molecular formula is C17H17F2N. The summed E-state index contributed by atoms with van der Waals surface area (Å²) >= 11 is 0. The standard InChI is InChI=1S/C17H17F2N/c1-12-3-5-14(6-4-12)13(2)20-10-9-15-7-8-16(18)11-17(15)19/h3-8,11H,9-10H2,1-2H3. The second kappa shape index (κ2) is 6.42. The number of hydrogen-bond acceptors (Lipinski definition) is 1. The van der Waals surface area contributed by atoms with E-state index < -0.39 is 11.6 Å². The predicted molar refractivity (Wildman–Crippen MR) is 78.3 cm³/mol. The summed E-state index contributed by atoms with van der Waals surface area (Å²) in [5, 5.41) is 0. The van der Waals surface area contributed by atoms with Gasteiger partial charge in [0.1, 0.15) is 11.6 Å². The molecule has 0 N–H and O–H groups in total. The van der Waals surface area contributed by atoms with Crippen molar-refractivity contribution in [1.82, 2.24) is 0 Å². The van der Waals surface area contributed by atoms with Gasteiger partial charge in [-0.3, -0.25) is 4.99 Å². The van der Waals surface area contributed by atoms with Crippen LogP contribution >= 0.6 is 0 Å². The Balaban J connectivity index is 2.00. The van der Waals surface area contributed by atoms with Gasteiger partial charge >= 0.3 is 0 Å². The molecule has 0 fully saturated rings. The largest absolute Gasteiger partial charge is 0.289 e. The Morgan fingerprint density at radius 2 is 1.75 bits per heavy atom. The fourth-order valence-corrected chi connectivity index (χ4v) is 1.95. The molecule has 2 aromatic carbocycles. The second-order valence-electron chi connectivity index (χ2n) is 4.82. The summed E-state index contributed by atoms with van der Waals surface area (Å²) in [5.41, 5.74) is 3.68. The number of hydrogen-bond donors (Lipinski definition) is 0. The van der Waals surface area contributed by atoms with Crippen molar-refractivity contribution in [2.75, 3.05) is 6.54 Å². The third kappa shape index (κ3) is 3.73. The molecule has 0 heterocycles. The van der Waals surface area contributed by atoms with E-state index in [1.807, 2.05) is 38.1 Å². The Labute approximate surface area is 118 Å². The van der Waals surface area contributed by atoms with Gasteiger partial charge in [0, 0.05) is 18.3 Å². The molecule has 0 radical (unpaired) electrons. The van der Waals surface area contributed by atoms with E-state index >= 15 is 0 Å². The zero-order valence-corrected chi connectivity index (χ0v) is 11.7. The monoisotopic (exact) mass is 273 g/mol. The van der Waals surface area contributed by atoms with Gasteiger partial charge in [-0.15, -0.1) is 0 Å². The molecule has 0 saturated heterocycles. The van der Waals surface area contributed by atoms with Crippen molar-refractivity contribution in [1.29, 1.82) is 0 Å². The minimum atomic E-state index is -0.550. The second-order valence-corrected chi connectivity index (χ2v) is 4.82. The van der Waals surface area contributed by atoms with Crippen LogP contribution in [0.15, 0.2) is 47.5 Å². The summed E-state index contributed by atoms with van der Waals surface area (Å²) in [6.45, 7) is 4.46. The molecule has 0 aliphatic heterocycles. The molecule has 2 rings (SSSR count). The number of nitrogens with zero attached hydrogens (tertiary/aromatic N) is 1. The summed E-state index contributed by atoms with van der Waals surface area (Å²) in [6.07, 6.45) is 0.468. The van der Waals surface area contributed by atoms with Crippen LogP contribution in [0.25, 0.3) is 0 Å². The Morgan fingerprint density at radius 1 is 1.05 bits per heavy atom. The van der Waals surface area contributed by atoms with Crippen molar-refractivity contribution in [2.24, 2.45) is 4.99 Å². The van der Waals surface area contributed by atoms with Crippen molar-refractivity contribution in [3.63, 3.8) is 0 Å². The van der Waals surface area contributed by atoms with Crippen LogP contribution < -0.4 is 0 Å². The van der Waals surface area contributed by atoms with Crippen LogP contribution in [0.2, 0.25) is 0 Å². The van der Waals surface area contributed by atoms with Gasteiger partial charge in [0.25, 0.3) is 0 Å². The number of aliphatic imine (C=N–C) groups is 1. The average molecular weight is 273 g/mol. The molecule has 0 aromatic heterocycles. The average Bonchev–Trinajstić information content (AvgIpc) is 2.42. The molecule has 2 aromatic rings. The first-order valence-corrected chi connectivity index (χ1v) is 6.58. The molecule has 0 aliphatic carbocycles. The molecule has 0 saturated carbocycles. The molecule has 3 heteroatoms. The van der Waals surface area contributed by atoms with E-state index in [4.69, 9.17) is 0 Å². The van der Waals surface area contributed by atoms with E-state index in [0.29, 0.717) is 18.5 Å². The normalized spacial score (nSPS) is 11.7. The molecular weight excluding hydrogens is 256 g/mol. The topological polar surface area (TPSA) is 12.4 Å². The van der Waals surface area contributed by atoms with Crippen molar-refractivity contribution in [3.05, 3.63) is 70.8 Å². The molecule has 0 aliphatic rings. The van der Waals surface area contributed by atoms with Gasteiger partial charge in [-0.05, 0) is 37.5 Å². The van der Waals surface area contributed by atoms with Gasteiger partial charge in [-0.2, -0.15) is 0 Å². The van der Waals surface area contributed by atoms with Crippen molar-refractivity contribution in [2.45, 2.75) is 20.3 Å². The van der Waals surface area contributed by atoms with Crippen LogP contribution in [0.1, 0.15) is 23.6 Å². The van der Waals surface area contributed by atoms with Crippen LogP contribution in [-0.2, 0) is 6.42 Å². The van der Waals surface area contributed by atoms with Gasteiger partial charge in [0.2, 0.25) is 0 Å². The Bertz CT molecular complexity index is 615. The van der Waals surface area contributed by atoms with Crippen LogP contribution in [0, 0.1) is 18.6 Å². The SMILES string of the molecule is CC(=NCCc1ccc(F)cc1F)c1ccc(C)cc1. The van der Waals surface area contributed by atoms with Gasteiger partial charge in [0.15, 0.2) is 0 Å².